The maximum Gasteiger partial charge on any atom is 0.233 e. The van der Waals surface area contributed by atoms with Crippen molar-refractivity contribution in [3.05, 3.63) is 12.1 Å². The number of nitrogens with zero attached hydrogens (tertiary/aromatic N) is 3. The largest absolute Gasteiger partial charge is 0.480 e. The molecule has 1 aliphatic heterocycles. The third kappa shape index (κ3) is 1.77. The molecule has 5 heteroatoms. The normalized spacial score (nSPS) is 21.3. The Morgan fingerprint density at radius 2 is 2.36 bits per heavy atom. The molecule has 0 amide bonds. The molecule has 2 heterocycles. The van der Waals surface area contributed by atoms with Gasteiger partial charge in [0.25, 0.3) is 0 Å². The van der Waals surface area contributed by atoms with Crippen molar-refractivity contribution in [2.75, 3.05) is 25.1 Å². The van der Waals surface area contributed by atoms with Gasteiger partial charge >= 0.3 is 0 Å². The highest BCUT2D eigenvalue weighted by molar-refractivity contribution is 5.39. The van der Waals surface area contributed by atoms with Gasteiger partial charge in [-0.05, 0) is 12.5 Å². The number of rotatable bonds is 2. The van der Waals surface area contributed by atoms with E-state index in [2.05, 4.69) is 15.1 Å². The van der Waals surface area contributed by atoms with Crippen LogP contribution in [0.5, 0.6) is 5.88 Å². The van der Waals surface area contributed by atoms with E-state index in [0.29, 0.717) is 5.88 Å². The molecule has 0 bridgehead atoms. The van der Waals surface area contributed by atoms with Crippen molar-refractivity contribution in [3.63, 3.8) is 0 Å². The molecule has 0 unspecified atom stereocenters. The van der Waals surface area contributed by atoms with E-state index in [4.69, 9.17) is 10.5 Å². The third-order valence-corrected chi connectivity index (χ3v) is 2.38. The molecular formula is C9H14N4O. The molecule has 0 aromatic carbocycles. The van der Waals surface area contributed by atoms with Crippen molar-refractivity contribution in [1.29, 1.82) is 0 Å². The Balaban J connectivity index is 2.09. The minimum absolute atomic E-state index is 0.263. The lowest BCUT2D eigenvalue weighted by molar-refractivity contribution is 0.392. The Kier molecular flexibility index (Phi) is 2.49. The number of anilines is 1. The number of ether oxygens (including phenoxy) is 1. The first-order valence-electron chi connectivity index (χ1n) is 4.68. The second-order valence-corrected chi connectivity index (χ2v) is 3.43. The number of aromatic nitrogens is 2. The van der Waals surface area contributed by atoms with E-state index in [-0.39, 0.29) is 6.04 Å². The standard InChI is InChI=1S/C9H14N4O/c1-14-9-3-2-8(11-12-9)13-5-4-7(10)6-13/h2-3,7H,4-6,10H2,1H3/t7-/m1/s1. The van der Waals surface area contributed by atoms with Gasteiger partial charge in [0, 0.05) is 25.2 Å². The summed E-state index contributed by atoms with van der Waals surface area (Å²) in [5.41, 5.74) is 5.80. The van der Waals surface area contributed by atoms with Gasteiger partial charge in [0.15, 0.2) is 5.82 Å². The van der Waals surface area contributed by atoms with Gasteiger partial charge in [0.1, 0.15) is 0 Å². The summed E-state index contributed by atoms with van der Waals surface area (Å²) in [6.07, 6.45) is 1.02. The van der Waals surface area contributed by atoms with Crippen LogP contribution in [0.25, 0.3) is 0 Å². The summed E-state index contributed by atoms with van der Waals surface area (Å²) < 4.78 is 4.94. The second-order valence-electron chi connectivity index (χ2n) is 3.43. The van der Waals surface area contributed by atoms with Gasteiger partial charge in [-0.15, -0.1) is 10.2 Å². The van der Waals surface area contributed by atoms with Crippen LogP contribution in [0.15, 0.2) is 12.1 Å². The first kappa shape index (κ1) is 9.21. The highest BCUT2D eigenvalue weighted by Crippen LogP contribution is 2.17. The predicted octanol–water partition coefficient (Wildman–Crippen LogP) is 0.0226. The molecule has 76 valence electrons. The zero-order valence-corrected chi connectivity index (χ0v) is 8.18. The molecule has 14 heavy (non-hydrogen) atoms. The Hall–Kier alpha value is -1.36. The predicted molar refractivity (Wildman–Crippen MR) is 53.4 cm³/mol. The summed E-state index contributed by atoms with van der Waals surface area (Å²) in [4.78, 5) is 2.14. The van der Waals surface area contributed by atoms with Crippen LogP contribution in [0.4, 0.5) is 5.82 Å². The summed E-state index contributed by atoms with van der Waals surface area (Å²) >= 11 is 0. The van der Waals surface area contributed by atoms with Crippen LogP contribution in [0.2, 0.25) is 0 Å². The van der Waals surface area contributed by atoms with E-state index in [1.54, 1.807) is 7.11 Å². The molecule has 0 spiro atoms. The molecular weight excluding hydrogens is 180 g/mol. The average molecular weight is 194 g/mol. The molecule has 1 saturated heterocycles. The number of hydrogen-bond donors (Lipinski definition) is 1. The van der Waals surface area contributed by atoms with Crippen LogP contribution in [0.1, 0.15) is 6.42 Å². The van der Waals surface area contributed by atoms with Gasteiger partial charge in [0.05, 0.1) is 7.11 Å². The molecule has 0 saturated carbocycles. The van der Waals surface area contributed by atoms with Crippen LogP contribution >= 0.6 is 0 Å². The van der Waals surface area contributed by atoms with Crippen molar-refractivity contribution in [2.45, 2.75) is 12.5 Å². The van der Waals surface area contributed by atoms with E-state index in [9.17, 15) is 0 Å². The van der Waals surface area contributed by atoms with E-state index in [0.717, 1.165) is 25.3 Å². The fourth-order valence-electron chi connectivity index (χ4n) is 1.59. The summed E-state index contributed by atoms with van der Waals surface area (Å²) in [6, 6.07) is 3.98. The number of methoxy groups -OCH3 is 1. The molecule has 1 fully saturated rings. The van der Waals surface area contributed by atoms with E-state index < -0.39 is 0 Å². The molecule has 0 aliphatic carbocycles. The van der Waals surface area contributed by atoms with Gasteiger partial charge in [-0.1, -0.05) is 0 Å². The highest BCUT2D eigenvalue weighted by atomic mass is 16.5. The minimum atomic E-state index is 0.263. The number of nitrogens with two attached hydrogens (primary N) is 1. The first-order valence-corrected chi connectivity index (χ1v) is 4.68. The Morgan fingerprint density at radius 3 is 2.86 bits per heavy atom. The Bertz CT molecular complexity index is 300. The van der Waals surface area contributed by atoms with E-state index >= 15 is 0 Å². The zero-order chi connectivity index (χ0) is 9.97. The maximum absolute atomic E-state index is 5.80. The monoisotopic (exact) mass is 194 g/mol. The molecule has 2 rings (SSSR count). The summed E-state index contributed by atoms with van der Waals surface area (Å²) in [6.45, 7) is 1.82. The van der Waals surface area contributed by atoms with Gasteiger partial charge in [-0.25, -0.2) is 0 Å². The molecule has 1 aromatic heterocycles. The van der Waals surface area contributed by atoms with Gasteiger partial charge in [0.2, 0.25) is 5.88 Å². The average Bonchev–Trinajstić information content (AvgIpc) is 2.65. The van der Waals surface area contributed by atoms with Crippen LogP contribution in [-0.2, 0) is 0 Å². The lowest BCUT2D eigenvalue weighted by atomic mass is 10.3. The quantitative estimate of drug-likeness (QED) is 0.719. The lowest BCUT2D eigenvalue weighted by Gasteiger charge is -2.15. The van der Waals surface area contributed by atoms with Gasteiger partial charge < -0.3 is 15.4 Å². The van der Waals surface area contributed by atoms with Crippen molar-refractivity contribution < 1.29 is 4.74 Å². The Morgan fingerprint density at radius 1 is 1.50 bits per heavy atom. The maximum atomic E-state index is 5.80. The second kappa shape index (κ2) is 3.79. The minimum Gasteiger partial charge on any atom is -0.480 e. The van der Waals surface area contributed by atoms with Gasteiger partial charge in [-0.3, -0.25) is 0 Å². The lowest BCUT2D eigenvalue weighted by Crippen LogP contribution is -2.26. The Labute approximate surface area is 82.9 Å². The molecule has 5 nitrogen and oxygen atoms in total. The zero-order valence-electron chi connectivity index (χ0n) is 8.18. The van der Waals surface area contributed by atoms with Gasteiger partial charge in [-0.2, -0.15) is 0 Å². The van der Waals surface area contributed by atoms with E-state index in [1.807, 2.05) is 12.1 Å². The van der Waals surface area contributed by atoms with Crippen LogP contribution < -0.4 is 15.4 Å². The topological polar surface area (TPSA) is 64.3 Å². The summed E-state index contributed by atoms with van der Waals surface area (Å²) in [7, 11) is 1.58. The van der Waals surface area contributed by atoms with E-state index in [1.165, 1.54) is 0 Å². The van der Waals surface area contributed by atoms with Crippen LogP contribution in [0, 0.1) is 0 Å². The highest BCUT2D eigenvalue weighted by Gasteiger charge is 2.20. The van der Waals surface area contributed by atoms with Crippen molar-refractivity contribution in [3.8, 4) is 5.88 Å². The van der Waals surface area contributed by atoms with Crippen molar-refractivity contribution in [2.24, 2.45) is 5.73 Å². The molecule has 0 radical (unpaired) electrons. The first-order chi connectivity index (χ1) is 6.79. The third-order valence-electron chi connectivity index (χ3n) is 2.38. The molecule has 1 atom stereocenters. The summed E-state index contributed by atoms with van der Waals surface area (Å²) in [5, 5.41) is 7.97. The van der Waals surface area contributed by atoms with Crippen molar-refractivity contribution in [1.82, 2.24) is 10.2 Å². The van der Waals surface area contributed by atoms with Crippen LogP contribution in [0.3, 0.4) is 0 Å². The number of hydrogen-bond acceptors (Lipinski definition) is 5. The SMILES string of the molecule is COc1ccc(N2CC[C@@H](N)C2)nn1. The molecule has 2 N–H and O–H groups in total. The fourth-order valence-corrected chi connectivity index (χ4v) is 1.59. The van der Waals surface area contributed by atoms with Crippen LogP contribution in [-0.4, -0.2) is 36.4 Å². The fraction of sp³-hybridized carbons (Fsp3) is 0.556. The molecule has 1 aliphatic rings. The smallest absolute Gasteiger partial charge is 0.233 e. The summed E-state index contributed by atoms with van der Waals surface area (Å²) in [5.74, 6) is 1.41. The van der Waals surface area contributed by atoms with Crippen molar-refractivity contribution >= 4 is 5.82 Å². The molecule has 1 aromatic rings.